The maximum atomic E-state index is 14.4. The van der Waals surface area contributed by atoms with Gasteiger partial charge in [-0.1, -0.05) is 233 Å². The number of carbonyl (C=O) groups is 4. The number of nitrogens with one attached hydrogen (secondary N) is 1. The fourth-order valence-electron chi connectivity index (χ4n) is 9.41. The maximum Gasteiger partial charge on any atom is 0.324 e. The first-order chi connectivity index (χ1) is 32.7. The van der Waals surface area contributed by atoms with E-state index in [1.54, 1.807) is 0 Å². The standard InChI is InChI=1S/C58H113N3O6/c1-8-13-17-21-25-29-33-37-42-53(43-38-34-30-26-22-18-14-9-2)56(63)66-50-46-52(55(62)61(58(65)59-12-5)49-41-48-60(6)7)47-51-67-57(64)54(44-39-35-31-27-23-19-15-10-3)45-40-36-32-28-24-20-16-11-4/h52-54H,8-51H2,1-7H3,(H,59,65). The summed E-state index contributed by atoms with van der Waals surface area (Å²) in [5.41, 5.74) is 0. The zero-order valence-electron chi connectivity index (χ0n) is 45.7. The molecule has 0 bridgehead atoms. The molecule has 0 rings (SSSR count). The molecule has 67 heavy (non-hydrogen) atoms. The van der Waals surface area contributed by atoms with Crippen LogP contribution in [0.3, 0.4) is 0 Å². The molecule has 0 fully saturated rings. The number of esters is 2. The summed E-state index contributed by atoms with van der Waals surface area (Å²) in [6.45, 7) is 12.5. The molecule has 3 amide bonds. The van der Waals surface area contributed by atoms with Gasteiger partial charge in [0.1, 0.15) is 0 Å². The van der Waals surface area contributed by atoms with Crippen LogP contribution in [0.4, 0.5) is 4.79 Å². The summed E-state index contributed by atoms with van der Waals surface area (Å²) in [7, 11) is 3.97. The molecule has 0 aliphatic heterocycles. The lowest BCUT2D eigenvalue weighted by Crippen LogP contribution is -2.47. The predicted molar refractivity (Wildman–Crippen MR) is 284 cm³/mol. The molecule has 0 aliphatic rings. The number of hydrogen-bond donors (Lipinski definition) is 1. The number of rotatable bonds is 50. The Labute approximate surface area is 415 Å². The van der Waals surface area contributed by atoms with E-state index in [4.69, 9.17) is 9.47 Å². The van der Waals surface area contributed by atoms with Crippen LogP contribution in [0, 0.1) is 17.8 Å². The number of carbonyl (C=O) groups excluding carboxylic acids is 4. The molecule has 9 nitrogen and oxygen atoms in total. The van der Waals surface area contributed by atoms with Crippen molar-refractivity contribution in [2.45, 2.75) is 285 Å². The van der Waals surface area contributed by atoms with Crippen LogP contribution in [0.2, 0.25) is 0 Å². The number of amides is 3. The summed E-state index contributed by atoms with van der Waals surface area (Å²) in [5, 5.41) is 2.84. The van der Waals surface area contributed by atoms with Gasteiger partial charge in [0.2, 0.25) is 5.91 Å². The molecule has 9 heteroatoms. The molecule has 396 valence electrons. The van der Waals surface area contributed by atoms with Crippen molar-refractivity contribution < 1.29 is 28.7 Å². The summed E-state index contributed by atoms with van der Waals surface area (Å²) < 4.78 is 12.1. The van der Waals surface area contributed by atoms with Gasteiger partial charge >= 0.3 is 18.0 Å². The Morgan fingerprint density at radius 1 is 0.373 bits per heavy atom. The molecule has 0 saturated heterocycles. The molecule has 0 aliphatic carbocycles. The molecule has 0 radical (unpaired) electrons. The third-order valence-corrected chi connectivity index (χ3v) is 13.9. The van der Waals surface area contributed by atoms with Crippen molar-refractivity contribution in [3.63, 3.8) is 0 Å². The molecule has 0 heterocycles. The van der Waals surface area contributed by atoms with E-state index >= 15 is 0 Å². The highest BCUT2D eigenvalue weighted by Crippen LogP contribution is 2.25. The third kappa shape index (κ3) is 39.3. The highest BCUT2D eigenvalue weighted by Gasteiger charge is 2.30. The fourth-order valence-corrected chi connectivity index (χ4v) is 9.41. The smallest absolute Gasteiger partial charge is 0.324 e. The second-order valence-electron chi connectivity index (χ2n) is 20.5. The fraction of sp³-hybridized carbons (Fsp3) is 0.931. The Kier molecular flexibility index (Phi) is 47.3. The molecule has 0 saturated carbocycles. The Morgan fingerprint density at radius 3 is 0.955 bits per heavy atom. The Morgan fingerprint density at radius 2 is 0.672 bits per heavy atom. The van der Waals surface area contributed by atoms with Gasteiger partial charge in [0.25, 0.3) is 0 Å². The first kappa shape index (κ1) is 64.8. The SMILES string of the molecule is CCCCCCCCCCC(CCCCCCCCCC)C(=O)OCCC(CCOC(=O)C(CCCCCCCCCC)CCCCCCCCCC)C(=O)N(CCCN(C)C)C(=O)NCC. The van der Waals surface area contributed by atoms with E-state index in [1.807, 2.05) is 25.9 Å². The zero-order chi connectivity index (χ0) is 49.4. The molecule has 0 spiro atoms. The normalized spacial score (nSPS) is 11.6. The highest BCUT2D eigenvalue weighted by molar-refractivity contribution is 5.95. The van der Waals surface area contributed by atoms with Crippen LogP contribution >= 0.6 is 0 Å². The van der Waals surface area contributed by atoms with Crippen molar-refractivity contribution >= 4 is 23.9 Å². The van der Waals surface area contributed by atoms with Gasteiger partial charge in [0.15, 0.2) is 0 Å². The van der Waals surface area contributed by atoms with Gasteiger partial charge in [0.05, 0.1) is 25.0 Å². The number of nitrogens with zero attached hydrogens (tertiary/aromatic N) is 2. The second-order valence-corrected chi connectivity index (χ2v) is 20.5. The minimum absolute atomic E-state index is 0.106. The minimum atomic E-state index is -0.625. The lowest BCUT2D eigenvalue weighted by atomic mass is 9.94. The van der Waals surface area contributed by atoms with Crippen LogP contribution in [0.1, 0.15) is 285 Å². The van der Waals surface area contributed by atoms with Crippen LogP contribution in [0.25, 0.3) is 0 Å². The van der Waals surface area contributed by atoms with Gasteiger partial charge < -0.3 is 19.7 Å². The van der Waals surface area contributed by atoms with Crippen molar-refractivity contribution in [2.75, 3.05) is 46.9 Å². The Hall–Kier alpha value is -2.16. The number of urea groups is 1. The summed E-state index contributed by atoms with van der Waals surface area (Å²) in [6.07, 6.45) is 43.9. The van der Waals surface area contributed by atoms with Crippen molar-refractivity contribution in [3.8, 4) is 0 Å². The van der Waals surface area contributed by atoms with Crippen molar-refractivity contribution in [1.82, 2.24) is 15.1 Å². The largest absolute Gasteiger partial charge is 0.465 e. The predicted octanol–water partition coefficient (Wildman–Crippen LogP) is 16.3. The lowest BCUT2D eigenvalue weighted by Gasteiger charge is -2.27. The van der Waals surface area contributed by atoms with Crippen molar-refractivity contribution in [3.05, 3.63) is 0 Å². The highest BCUT2D eigenvalue weighted by atomic mass is 16.5. The van der Waals surface area contributed by atoms with Gasteiger partial charge in [-0.05, 0) is 72.5 Å². The van der Waals surface area contributed by atoms with Gasteiger partial charge in [-0.25, -0.2) is 4.79 Å². The first-order valence-electron chi connectivity index (χ1n) is 29.2. The number of unbranched alkanes of at least 4 members (excludes halogenated alkanes) is 28. The maximum absolute atomic E-state index is 14.4. The quantitative estimate of drug-likeness (QED) is 0.0478. The molecule has 0 atom stereocenters. The van der Waals surface area contributed by atoms with Gasteiger partial charge in [-0.15, -0.1) is 0 Å². The molecule has 1 N–H and O–H groups in total. The van der Waals surface area contributed by atoms with E-state index in [0.717, 1.165) is 83.6 Å². The third-order valence-electron chi connectivity index (χ3n) is 13.9. The van der Waals surface area contributed by atoms with Crippen LogP contribution in [0.15, 0.2) is 0 Å². The molecule has 0 unspecified atom stereocenters. The molecule has 0 aromatic rings. The van der Waals surface area contributed by atoms with Crippen molar-refractivity contribution in [2.24, 2.45) is 17.8 Å². The van der Waals surface area contributed by atoms with E-state index in [2.05, 4.69) is 33.0 Å². The number of hydrogen-bond acceptors (Lipinski definition) is 7. The summed E-state index contributed by atoms with van der Waals surface area (Å²) in [6, 6.07) is -0.406. The van der Waals surface area contributed by atoms with Crippen molar-refractivity contribution in [1.29, 1.82) is 0 Å². The number of imide groups is 1. The average molecular weight is 949 g/mol. The lowest BCUT2D eigenvalue weighted by molar-refractivity contribution is -0.151. The van der Waals surface area contributed by atoms with Gasteiger partial charge in [0, 0.05) is 19.0 Å². The van der Waals surface area contributed by atoms with Crippen LogP contribution in [-0.4, -0.2) is 80.6 Å². The van der Waals surface area contributed by atoms with E-state index in [-0.39, 0.29) is 62.3 Å². The van der Waals surface area contributed by atoms with Crippen LogP contribution < -0.4 is 5.32 Å². The summed E-state index contributed by atoms with van der Waals surface area (Å²) in [4.78, 5) is 58.7. The first-order valence-corrected chi connectivity index (χ1v) is 29.2. The van der Waals surface area contributed by atoms with Gasteiger partial charge in [-0.3, -0.25) is 19.3 Å². The molecule has 0 aromatic carbocycles. The zero-order valence-corrected chi connectivity index (χ0v) is 45.7. The molecular formula is C58H113N3O6. The summed E-state index contributed by atoms with van der Waals surface area (Å²) in [5.74, 6) is -1.49. The van der Waals surface area contributed by atoms with Crippen LogP contribution in [-0.2, 0) is 23.9 Å². The topological polar surface area (TPSA) is 105 Å². The van der Waals surface area contributed by atoms with E-state index in [0.29, 0.717) is 13.0 Å². The monoisotopic (exact) mass is 948 g/mol. The van der Waals surface area contributed by atoms with E-state index in [1.165, 1.54) is 159 Å². The number of ether oxygens (including phenoxy) is 2. The second kappa shape index (κ2) is 48.8. The molecular weight excluding hydrogens is 835 g/mol. The van der Waals surface area contributed by atoms with Crippen LogP contribution in [0.5, 0.6) is 0 Å². The Balaban J connectivity index is 5.86. The summed E-state index contributed by atoms with van der Waals surface area (Å²) >= 11 is 0. The van der Waals surface area contributed by atoms with E-state index in [9.17, 15) is 19.2 Å². The Bertz CT molecular complexity index is 1030. The minimum Gasteiger partial charge on any atom is -0.465 e. The molecule has 0 aromatic heterocycles. The van der Waals surface area contributed by atoms with E-state index < -0.39 is 11.9 Å². The van der Waals surface area contributed by atoms with Gasteiger partial charge in [-0.2, -0.15) is 0 Å². The average Bonchev–Trinajstić information content (AvgIpc) is 3.31.